The number of rotatable bonds is 1. The summed E-state index contributed by atoms with van der Waals surface area (Å²) in [6, 6.07) is 3.46. The number of hydrogen-bond acceptors (Lipinski definition) is 4. The summed E-state index contributed by atoms with van der Waals surface area (Å²) in [7, 11) is 1.25. The van der Waals surface area contributed by atoms with Crippen LogP contribution in [0.3, 0.4) is 0 Å². The summed E-state index contributed by atoms with van der Waals surface area (Å²) < 4.78 is 9.59. The van der Waals surface area contributed by atoms with Crippen molar-refractivity contribution < 1.29 is 19.1 Å². The zero-order valence-electron chi connectivity index (χ0n) is 9.45. The number of halogens is 1. The highest BCUT2D eigenvalue weighted by atomic mass is 35.5. The van der Waals surface area contributed by atoms with E-state index in [0.717, 1.165) is 5.56 Å². The van der Waals surface area contributed by atoms with Gasteiger partial charge in [0.1, 0.15) is 0 Å². The van der Waals surface area contributed by atoms with Crippen LogP contribution in [0.4, 0.5) is 0 Å². The van der Waals surface area contributed by atoms with E-state index in [1.807, 2.05) is 0 Å². The molecule has 1 aromatic carbocycles. The Hall–Kier alpha value is -1.55. The van der Waals surface area contributed by atoms with Gasteiger partial charge in [-0.2, -0.15) is 0 Å². The van der Waals surface area contributed by atoms with Gasteiger partial charge < -0.3 is 9.47 Å². The Kier molecular flexibility index (Phi) is 3.07. The molecule has 1 heterocycles. The Morgan fingerprint density at radius 2 is 2.24 bits per heavy atom. The molecule has 0 aliphatic carbocycles. The summed E-state index contributed by atoms with van der Waals surface area (Å²) in [5.41, 5.74) is 1.90. The summed E-state index contributed by atoms with van der Waals surface area (Å²) in [5, 5.41) is 0.469. The first-order valence-corrected chi connectivity index (χ1v) is 5.49. The summed E-state index contributed by atoms with van der Waals surface area (Å²) in [6.07, 6.45) is -0.645. The minimum Gasteiger partial charge on any atom is -0.466 e. The SMILES string of the molecule is COC(=O)C1Cc2c(Cl)ccc(C)c2C(=O)O1. The van der Waals surface area contributed by atoms with Gasteiger partial charge >= 0.3 is 11.9 Å². The monoisotopic (exact) mass is 254 g/mol. The van der Waals surface area contributed by atoms with E-state index in [-0.39, 0.29) is 6.42 Å². The molecule has 5 heteroatoms. The normalized spacial score (nSPS) is 18.3. The highest BCUT2D eigenvalue weighted by Gasteiger charge is 2.34. The van der Waals surface area contributed by atoms with Crippen LogP contribution >= 0.6 is 11.6 Å². The second-order valence-electron chi connectivity index (χ2n) is 3.84. The van der Waals surface area contributed by atoms with Gasteiger partial charge in [0.2, 0.25) is 6.10 Å². The number of esters is 2. The van der Waals surface area contributed by atoms with Gasteiger partial charge in [-0.3, -0.25) is 0 Å². The quantitative estimate of drug-likeness (QED) is 0.719. The van der Waals surface area contributed by atoms with E-state index in [4.69, 9.17) is 16.3 Å². The molecule has 0 saturated carbocycles. The van der Waals surface area contributed by atoms with Crippen molar-refractivity contribution in [2.24, 2.45) is 0 Å². The van der Waals surface area contributed by atoms with Gasteiger partial charge in [-0.15, -0.1) is 0 Å². The largest absolute Gasteiger partial charge is 0.466 e. The number of methoxy groups -OCH3 is 1. The van der Waals surface area contributed by atoms with E-state index >= 15 is 0 Å². The third kappa shape index (κ3) is 2.00. The average Bonchev–Trinajstić information content (AvgIpc) is 2.32. The van der Waals surface area contributed by atoms with Crippen molar-refractivity contribution in [1.82, 2.24) is 0 Å². The predicted octanol–water partition coefficient (Wildman–Crippen LogP) is 1.90. The number of ether oxygens (including phenoxy) is 2. The molecule has 1 aromatic rings. The lowest BCUT2D eigenvalue weighted by molar-refractivity contribution is -0.151. The summed E-state index contributed by atoms with van der Waals surface area (Å²) >= 11 is 6.03. The van der Waals surface area contributed by atoms with Gasteiger partial charge in [-0.25, -0.2) is 9.59 Å². The van der Waals surface area contributed by atoms with Gasteiger partial charge in [0.25, 0.3) is 0 Å². The van der Waals surface area contributed by atoms with Crippen molar-refractivity contribution in [2.75, 3.05) is 7.11 Å². The predicted molar refractivity (Wildman–Crippen MR) is 61.1 cm³/mol. The Morgan fingerprint density at radius 3 is 2.88 bits per heavy atom. The van der Waals surface area contributed by atoms with Crippen molar-refractivity contribution in [2.45, 2.75) is 19.4 Å². The first-order chi connectivity index (χ1) is 8.04. The van der Waals surface area contributed by atoms with Gasteiger partial charge in [-0.1, -0.05) is 17.7 Å². The lowest BCUT2D eigenvalue weighted by Gasteiger charge is -2.24. The van der Waals surface area contributed by atoms with Crippen LogP contribution < -0.4 is 0 Å². The molecule has 1 atom stereocenters. The third-order valence-electron chi connectivity index (χ3n) is 2.77. The molecule has 1 aliphatic heterocycles. The standard InChI is InChI=1S/C12H11ClO4/c1-6-3-4-8(13)7-5-9(11(14)16-2)17-12(15)10(6)7/h3-4,9H,5H2,1-2H3. The smallest absolute Gasteiger partial charge is 0.347 e. The number of carbonyl (C=O) groups excluding carboxylic acids is 2. The topological polar surface area (TPSA) is 52.6 Å². The van der Waals surface area contributed by atoms with Gasteiger partial charge in [-0.05, 0) is 24.1 Å². The average molecular weight is 255 g/mol. The number of fused-ring (bicyclic) bond motifs is 1. The molecule has 0 fully saturated rings. The fourth-order valence-electron chi connectivity index (χ4n) is 1.90. The second kappa shape index (κ2) is 4.37. The van der Waals surface area contributed by atoms with Crippen LogP contribution in [0.15, 0.2) is 12.1 Å². The molecular formula is C12H11ClO4. The van der Waals surface area contributed by atoms with Gasteiger partial charge in [0.15, 0.2) is 0 Å². The number of aryl methyl sites for hydroxylation is 1. The fourth-order valence-corrected chi connectivity index (χ4v) is 2.14. The number of benzene rings is 1. The van der Waals surface area contributed by atoms with Crippen molar-refractivity contribution in [1.29, 1.82) is 0 Å². The molecule has 1 aliphatic rings. The number of cyclic esters (lactones) is 1. The molecule has 4 nitrogen and oxygen atoms in total. The highest BCUT2D eigenvalue weighted by Crippen LogP contribution is 2.30. The molecule has 90 valence electrons. The molecule has 0 aromatic heterocycles. The van der Waals surface area contributed by atoms with Gasteiger partial charge in [0, 0.05) is 11.4 Å². The molecule has 17 heavy (non-hydrogen) atoms. The summed E-state index contributed by atoms with van der Waals surface area (Å²) in [5.74, 6) is -1.09. The molecule has 0 spiro atoms. The molecule has 0 N–H and O–H groups in total. The molecular weight excluding hydrogens is 244 g/mol. The second-order valence-corrected chi connectivity index (χ2v) is 4.25. The lowest BCUT2D eigenvalue weighted by atomic mass is 9.95. The summed E-state index contributed by atoms with van der Waals surface area (Å²) in [6.45, 7) is 1.80. The zero-order chi connectivity index (χ0) is 12.6. The maximum atomic E-state index is 11.8. The zero-order valence-corrected chi connectivity index (χ0v) is 10.2. The highest BCUT2D eigenvalue weighted by molar-refractivity contribution is 6.32. The maximum Gasteiger partial charge on any atom is 0.347 e. The number of carbonyl (C=O) groups is 2. The maximum absolute atomic E-state index is 11.8. The van der Waals surface area contributed by atoms with Crippen LogP contribution in [0.2, 0.25) is 5.02 Å². The fraction of sp³-hybridized carbons (Fsp3) is 0.333. The Balaban J connectivity index is 2.46. The summed E-state index contributed by atoms with van der Waals surface area (Å²) in [4.78, 5) is 23.2. The minimum absolute atomic E-state index is 0.258. The van der Waals surface area contributed by atoms with E-state index in [2.05, 4.69) is 4.74 Å². The van der Waals surface area contributed by atoms with E-state index in [1.165, 1.54) is 7.11 Å². The molecule has 0 saturated heterocycles. The minimum atomic E-state index is -0.903. The molecule has 1 unspecified atom stereocenters. The first kappa shape index (κ1) is 11.9. The van der Waals surface area contributed by atoms with E-state index in [9.17, 15) is 9.59 Å². The van der Waals surface area contributed by atoms with Crippen LogP contribution in [-0.4, -0.2) is 25.2 Å². The van der Waals surface area contributed by atoms with Crippen LogP contribution in [-0.2, 0) is 20.7 Å². The number of hydrogen-bond donors (Lipinski definition) is 0. The van der Waals surface area contributed by atoms with Crippen molar-refractivity contribution >= 4 is 23.5 Å². The van der Waals surface area contributed by atoms with E-state index in [0.29, 0.717) is 16.1 Å². The molecule has 2 rings (SSSR count). The third-order valence-corrected chi connectivity index (χ3v) is 3.13. The lowest BCUT2D eigenvalue weighted by Crippen LogP contribution is -2.35. The van der Waals surface area contributed by atoms with Crippen molar-refractivity contribution in [3.63, 3.8) is 0 Å². The first-order valence-electron chi connectivity index (χ1n) is 5.11. The van der Waals surface area contributed by atoms with Crippen LogP contribution in [0.5, 0.6) is 0 Å². The Morgan fingerprint density at radius 1 is 1.53 bits per heavy atom. The van der Waals surface area contributed by atoms with Crippen LogP contribution in [0, 0.1) is 6.92 Å². The van der Waals surface area contributed by atoms with Crippen LogP contribution in [0.1, 0.15) is 21.5 Å². The van der Waals surface area contributed by atoms with Crippen LogP contribution in [0.25, 0.3) is 0 Å². The van der Waals surface area contributed by atoms with Crippen molar-refractivity contribution in [3.05, 3.63) is 33.8 Å². The Bertz CT molecular complexity index is 496. The van der Waals surface area contributed by atoms with E-state index in [1.54, 1.807) is 19.1 Å². The Labute approximate surface area is 103 Å². The molecule has 0 radical (unpaired) electrons. The van der Waals surface area contributed by atoms with Crippen molar-refractivity contribution in [3.8, 4) is 0 Å². The van der Waals surface area contributed by atoms with Gasteiger partial charge in [0.05, 0.1) is 12.7 Å². The molecule has 0 bridgehead atoms. The molecule has 0 amide bonds. The van der Waals surface area contributed by atoms with E-state index < -0.39 is 18.0 Å².